The van der Waals surface area contributed by atoms with Crippen LogP contribution in [0.1, 0.15) is 79.0 Å². The number of anilines is 4. The Labute approximate surface area is 467 Å². The second-order valence-electron chi connectivity index (χ2n) is 22.9. The van der Waals surface area contributed by atoms with E-state index < -0.39 is 0 Å². The van der Waals surface area contributed by atoms with Crippen molar-refractivity contribution in [3.63, 3.8) is 0 Å². The quantitative estimate of drug-likeness (QED) is 0.141. The van der Waals surface area contributed by atoms with Gasteiger partial charge in [-0.25, -0.2) is 4.98 Å². The van der Waals surface area contributed by atoms with Gasteiger partial charge in [0.15, 0.2) is 0 Å². The molecule has 0 fully saturated rings. The van der Waals surface area contributed by atoms with Crippen molar-refractivity contribution in [1.29, 1.82) is 0 Å². The van der Waals surface area contributed by atoms with Crippen molar-refractivity contribution < 1.29 is 21.1 Å². The summed E-state index contributed by atoms with van der Waals surface area (Å²) in [5, 5.41) is 2.20. The zero-order chi connectivity index (χ0) is 52.5. The Morgan fingerprint density at radius 3 is 1.62 bits per heavy atom. The van der Waals surface area contributed by atoms with E-state index in [4.69, 9.17) is 19.9 Å². The molecule has 1 aliphatic heterocycles. The molecule has 77 heavy (non-hydrogen) atoms. The number of hydrogen-bond donors (Lipinski definition) is 0. The Bertz CT molecular complexity index is 3900. The van der Waals surface area contributed by atoms with Crippen molar-refractivity contribution in [3.8, 4) is 62.2 Å². The van der Waals surface area contributed by atoms with E-state index in [-0.39, 0.29) is 37.3 Å². The maximum Gasteiger partial charge on any atom is 0.144 e. The number of aromatic nitrogens is 5. The van der Waals surface area contributed by atoms with Crippen LogP contribution < -0.4 is 9.80 Å². The van der Waals surface area contributed by atoms with Crippen molar-refractivity contribution in [3.05, 3.63) is 230 Å². The van der Waals surface area contributed by atoms with Crippen LogP contribution in [0, 0.1) is 18.8 Å². The van der Waals surface area contributed by atoms with E-state index >= 15 is 0 Å². The normalized spacial score (nSPS) is 12.8. The van der Waals surface area contributed by atoms with Gasteiger partial charge in [-0.05, 0) is 85.3 Å². The van der Waals surface area contributed by atoms with Crippen molar-refractivity contribution in [2.24, 2.45) is 0 Å². The predicted molar refractivity (Wildman–Crippen MR) is 314 cm³/mol. The molecule has 0 saturated heterocycles. The van der Waals surface area contributed by atoms with E-state index in [2.05, 4.69) is 284 Å². The SMILES string of the molecule is CC(C)(C)c1ccnc(-n2c3[c-]c(-c4nc(-c5[c-]c(N6[CH-]N(c7c(-c8ccccc8)cccc7-c7ccccc7)c7ccccc76)ccc5)nc(-c5c(C(C)(C)C)cccc5C(C)(C)C)n4)ccc3c3ccccc32)c1.[Pt]. The monoisotopic (exact) mass is 1180 g/mol. The zero-order valence-corrected chi connectivity index (χ0v) is 47.3. The maximum absolute atomic E-state index is 5.49. The number of para-hydroxylation sites is 4. The van der Waals surface area contributed by atoms with Crippen LogP contribution in [-0.4, -0.2) is 24.5 Å². The van der Waals surface area contributed by atoms with E-state index in [1.807, 2.05) is 6.20 Å². The molecule has 0 unspecified atom stereocenters. The molecule has 1 aliphatic rings. The van der Waals surface area contributed by atoms with Gasteiger partial charge in [0, 0.05) is 66.5 Å². The fourth-order valence-electron chi connectivity index (χ4n) is 10.8. The fourth-order valence-corrected chi connectivity index (χ4v) is 10.8. The molecule has 0 bridgehead atoms. The van der Waals surface area contributed by atoms with Crippen molar-refractivity contribution in [2.75, 3.05) is 9.80 Å². The van der Waals surface area contributed by atoms with Gasteiger partial charge in [0.2, 0.25) is 0 Å². The molecule has 0 saturated carbocycles. The molecule has 12 rings (SSSR count). The van der Waals surface area contributed by atoms with E-state index in [0.29, 0.717) is 17.5 Å². The van der Waals surface area contributed by atoms with Gasteiger partial charge in [-0.1, -0.05) is 201 Å². The Morgan fingerprint density at radius 1 is 0.455 bits per heavy atom. The van der Waals surface area contributed by atoms with Crippen molar-refractivity contribution in [2.45, 2.75) is 78.6 Å². The van der Waals surface area contributed by atoms with E-state index in [1.165, 1.54) is 16.7 Å². The first-order chi connectivity index (χ1) is 36.6. The van der Waals surface area contributed by atoms with Crippen LogP contribution in [0.15, 0.2) is 194 Å². The Balaban J connectivity index is 0.00000631. The molecule has 0 N–H and O–H groups in total. The first-order valence-electron chi connectivity index (χ1n) is 26.2. The Kier molecular flexibility index (Phi) is 13.2. The molecule has 0 atom stereocenters. The van der Waals surface area contributed by atoms with Crippen LogP contribution in [0.4, 0.5) is 22.7 Å². The van der Waals surface area contributed by atoms with Crippen molar-refractivity contribution in [1.82, 2.24) is 24.5 Å². The molecule has 0 spiro atoms. The summed E-state index contributed by atoms with van der Waals surface area (Å²) in [6, 6.07) is 74.2. The smallest absolute Gasteiger partial charge is 0.144 e. The van der Waals surface area contributed by atoms with Crippen molar-refractivity contribution >= 4 is 44.6 Å². The van der Waals surface area contributed by atoms with Crippen LogP contribution in [0.25, 0.3) is 84.0 Å². The third-order valence-corrected chi connectivity index (χ3v) is 14.6. The van der Waals surface area contributed by atoms with E-state index in [0.717, 1.165) is 89.3 Å². The number of pyridine rings is 1. The number of fused-ring (bicyclic) bond motifs is 4. The zero-order valence-electron chi connectivity index (χ0n) is 45.0. The predicted octanol–water partition coefficient (Wildman–Crippen LogP) is 17.6. The van der Waals surface area contributed by atoms with Gasteiger partial charge in [0.05, 0.1) is 11.6 Å². The van der Waals surface area contributed by atoms with E-state index in [9.17, 15) is 0 Å². The first kappa shape index (κ1) is 51.1. The summed E-state index contributed by atoms with van der Waals surface area (Å²) in [6.45, 7) is 22.5. The molecular formula is C69H60N7Pt-3. The van der Waals surface area contributed by atoms with Crippen LogP contribution in [0.3, 0.4) is 0 Å². The summed E-state index contributed by atoms with van der Waals surface area (Å²) in [4.78, 5) is 25.9. The van der Waals surface area contributed by atoms with Crippen LogP contribution in [0.5, 0.6) is 0 Å². The van der Waals surface area contributed by atoms with Gasteiger partial charge in [0.25, 0.3) is 0 Å². The van der Waals surface area contributed by atoms with Gasteiger partial charge >= 0.3 is 0 Å². The molecule has 0 aliphatic carbocycles. The largest absolute Gasteiger partial charge is 0.488 e. The number of hydrogen-bond acceptors (Lipinski definition) is 6. The summed E-state index contributed by atoms with van der Waals surface area (Å²) in [5.41, 5.74) is 16.1. The molecule has 3 aromatic heterocycles. The number of rotatable bonds is 8. The third kappa shape index (κ3) is 9.46. The van der Waals surface area contributed by atoms with Gasteiger partial charge in [-0.2, -0.15) is 0 Å². The third-order valence-electron chi connectivity index (χ3n) is 14.6. The molecule has 8 heteroatoms. The molecule has 0 radical (unpaired) electrons. The minimum Gasteiger partial charge on any atom is -0.488 e. The second kappa shape index (κ2) is 19.9. The maximum atomic E-state index is 5.49. The number of benzene rings is 8. The molecular weight excluding hydrogens is 1120 g/mol. The molecule has 11 aromatic rings. The summed E-state index contributed by atoms with van der Waals surface area (Å²) >= 11 is 0. The fraction of sp³-hybridized carbons (Fsp3) is 0.174. The van der Waals surface area contributed by atoms with E-state index in [1.54, 1.807) is 0 Å². The average Bonchev–Trinajstić information content (AvgIpc) is 4.13. The van der Waals surface area contributed by atoms with Gasteiger partial charge in [-0.3, -0.25) is 9.97 Å². The van der Waals surface area contributed by atoms with Crippen LogP contribution in [0.2, 0.25) is 0 Å². The summed E-state index contributed by atoms with van der Waals surface area (Å²) < 4.78 is 2.23. The Hall–Kier alpha value is -7.99. The van der Waals surface area contributed by atoms with Crippen LogP contribution >= 0.6 is 0 Å². The molecule has 0 amide bonds. The summed E-state index contributed by atoms with van der Waals surface area (Å²) in [7, 11) is 0. The minimum atomic E-state index is -0.222. The summed E-state index contributed by atoms with van der Waals surface area (Å²) in [6.07, 6.45) is 1.91. The molecule has 7 nitrogen and oxygen atoms in total. The summed E-state index contributed by atoms with van der Waals surface area (Å²) in [5.74, 6) is 2.48. The second-order valence-corrected chi connectivity index (χ2v) is 22.9. The average molecular weight is 1180 g/mol. The first-order valence-corrected chi connectivity index (χ1v) is 26.2. The molecule has 384 valence electrons. The topological polar surface area (TPSA) is 63.0 Å². The minimum absolute atomic E-state index is 0. The number of nitrogens with zero attached hydrogens (tertiary/aromatic N) is 7. The van der Waals surface area contributed by atoms with Crippen LogP contribution in [-0.2, 0) is 37.3 Å². The van der Waals surface area contributed by atoms with Gasteiger partial charge in [0.1, 0.15) is 11.6 Å². The van der Waals surface area contributed by atoms with Gasteiger partial charge in [-0.15, -0.1) is 60.3 Å². The standard InChI is InChI=1S/C69H60N7.Pt/c1-67(2,3)49-39-40-70-61(43-49)76-57-34-17-16-29-53(57)54-38-37-48(42-60(54)76)65-71-64(72-66(73-65)62-55(68(4,5)6)32-22-33-56(62)69(7,8)9)47-27-20-28-50(41-47)74-44-75(59-36-19-18-35-58(59)74)63-51(45-23-12-10-13-24-45)30-21-31-52(63)46-25-14-11-15-26-46;/h10-40,43-44H,1-9H3;/q-3;. The Morgan fingerprint density at radius 2 is 1.00 bits per heavy atom. The molecule has 4 heterocycles. The molecule has 8 aromatic carbocycles. The van der Waals surface area contributed by atoms with Gasteiger partial charge < -0.3 is 19.4 Å².